The molecular formula is C25H27N3O7. The van der Waals surface area contributed by atoms with E-state index in [-0.39, 0.29) is 23.4 Å². The fourth-order valence-corrected chi connectivity index (χ4v) is 4.59. The molecular weight excluding hydrogens is 454 g/mol. The van der Waals surface area contributed by atoms with Gasteiger partial charge in [0.15, 0.2) is 0 Å². The molecule has 2 aromatic carbocycles. The minimum absolute atomic E-state index is 0.118. The molecule has 35 heavy (non-hydrogen) atoms. The highest BCUT2D eigenvalue weighted by Crippen LogP contribution is 2.39. The number of ketones is 1. The van der Waals surface area contributed by atoms with Crippen molar-refractivity contribution in [2.75, 3.05) is 46.5 Å². The molecule has 0 spiro atoms. The number of nitro groups is 1. The van der Waals surface area contributed by atoms with Crippen molar-refractivity contribution in [2.24, 2.45) is 0 Å². The van der Waals surface area contributed by atoms with E-state index < -0.39 is 28.4 Å². The van der Waals surface area contributed by atoms with Crippen molar-refractivity contribution in [3.8, 4) is 5.75 Å². The summed E-state index contributed by atoms with van der Waals surface area (Å²) in [6, 6.07) is 9.52. The first kappa shape index (κ1) is 24.4. The largest absolute Gasteiger partial charge is 0.872 e. The molecule has 0 bridgehead atoms. The van der Waals surface area contributed by atoms with E-state index in [0.29, 0.717) is 31.1 Å². The Hall–Kier alpha value is -3.76. The normalized spacial score (nSPS) is 20.3. The van der Waals surface area contributed by atoms with Gasteiger partial charge in [0.1, 0.15) is 18.8 Å². The molecule has 1 atom stereocenters. The summed E-state index contributed by atoms with van der Waals surface area (Å²) in [6.45, 7) is 5.47. The number of carbonyl (C=O) groups excluding carboxylic acids is 2. The quantitative estimate of drug-likeness (QED) is 0.195. The monoisotopic (exact) mass is 481 g/mol. The van der Waals surface area contributed by atoms with E-state index in [2.05, 4.69) is 0 Å². The first-order chi connectivity index (χ1) is 16.8. The lowest BCUT2D eigenvalue weighted by Crippen LogP contribution is -3.14. The molecule has 2 saturated heterocycles. The maximum Gasteiger partial charge on any atom is 0.295 e. The van der Waals surface area contributed by atoms with Gasteiger partial charge in [-0.2, -0.15) is 0 Å². The number of nitro benzene ring substituents is 1. The fraction of sp³-hybridized carbons (Fsp3) is 0.360. The van der Waals surface area contributed by atoms with Gasteiger partial charge in [0.25, 0.3) is 11.6 Å². The minimum Gasteiger partial charge on any atom is -0.872 e. The molecule has 1 unspecified atom stereocenters. The number of amides is 1. The first-order valence-electron chi connectivity index (χ1n) is 11.4. The van der Waals surface area contributed by atoms with Crippen LogP contribution in [0.4, 0.5) is 5.69 Å². The lowest BCUT2D eigenvalue weighted by molar-refractivity contribution is -0.907. The Bertz CT molecular complexity index is 1170. The van der Waals surface area contributed by atoms with Crippen LogP contribution in [0.15, 0.2) is 48.0 Å². The SMILES string of the molecule is COc1ccc(/C([O-])=C2\C(=O)C(=O)N(CC[NH+]3CCOCC3)C2c2ccc([N+](=O)[O-])cc2)cc1C. The summed E-state index contributed by atoms with van der Waals surface area (Å²) in [5, 5.41) is 24.7. The number of hydrogen-bond donors (Lipinski definition) is 1. The standard InChI is InChI=1S/C25H27N3O7/c1-16-15-18(5-8-20(16)34-2)23(29)21-22(17-3-6-19(7-4-17)28(32)33)27(25(31)24(21)30)10-9-26-11-13-35-14-12-26/h3-8,15,22,29H,9-14H2,1-2H3/b23-21+. The maximum atomic E-state index is 13.6. The number of quaternary nitrogens is 1. The van der Waals surface area contributed by atoms with Crippen LogP contribution in [0.1, 0.15) is 22.7 Å². The van der Waals surface area contributed by atoms with Crippen molar-refractivity contribution < 1.29 is 34.0 Å². The third-order valence-corrected chi connectivity index (χ3v) is 6.51. The molecule has 184 valence electrons. The highest BCUT2D eigenvalue weighted by molar-refractivity contribution is 6.46. The van der Waals surface area contributed by atoms with Crippen LogP contribution < -0.4 is 14.7 Å². The molecule has 1 N–H and O–H groups in total. The second-order valence-electron chi connectivity index (χ2n) is 8.62. The molecule has 10 nitrogen and oxygen atoms in total. The first-order valence-corrected chi connectivity index (χ1v) is 11.4. The average Bonchev–Trinajstić information content (AvgIpc) is 3.12. The molecule has 0 radical (unpaired) electrons. The lowest BCUT2D eigenvalue weighted by Gasteiger charge is -2.30. The van der Waals surface area contributed by atoms with Crippen molar-refractivity contribution in [2.45, 2.75) is 13.0 Å². The van der Waals surface area contributed by atoms with Crippen LogP contribution in [0, 0.1) is 17.0 Å². The predicted octanol–water partition coefficient (Wildman–Crippen LogP) is 0.0509. The number of aryl methyl sites for hydroxylation is 1. The predicted molar refractivity (Wildman–Crippen MR) is 124 cm³/mol. The van der Waals surface area contributed by atoms with Crippen molar-refractivity contribution in [1.29, 1.82) is 0 Å². The Morgan fingerprint density at radius 3 is 2.46 bits per heavy atom. The molecule has 4 rings (SSSR count). The number of methoxy groups -OCH3 is 1. The summed E-state index contributed by atoms with van der Waals surface area (Å²) in [6.07, 6.45) is 0. The second-order valence-corrected chi connectivity index (χ2v) is 8.62. The van der Waals surface area contributed by atoms with E-state index >= 15 is 0 Å². The number of morpholine rings is 1. The van der Waals surface area contributed by atoms with Gasteiger partial charge in [0, 0.05) is 17.7 Å². The number of nitrogens with zero attached hydrogens (tertiary/aromatic N) is 2. The highest BCUT2D eigenvalue weighted by atomic mass is 16.6. The van der Waals surface area contributed by atoms with E-state index in [0.717, 1.165) is 18.7 Å². The van der Waals surface area contributed by atoms with Crippen LogP contribution in [0.2, 0.25) is 0 Å². The number of likely N-dealkylation sites (tertiary alicyclic amines) is 1. The molecule has 2 heterocycles. The number of non-ortho nitro benzene ring substituents is 1. The van der Waals surface area contributed by atoms with Crippen molar-refractivity contribution in [3.63, 3.8) is 0 Å². The maximum absolute atomic E-state index is 13.6. The number of hydrogen-bond acceptors (Lipinski definition) is 7. The zero-order valence-corrected chi connectivity index (χ0v) is 19.6. The number of Topliss-reactive ketones (excluding diaryl/α,β-unsaturated/α-hetero) is 1. The summed E-state index contributed by atoms with van der Waals surface area (Å²) in [5.41, 5.74) is 1.19. The second kappa shape index (κ2) is 10.2. The van der Waals surface area contributed by atoms with Crippen LogP contribution in [-0.4, -0.2) is 68.0 Å². The van der Waals surface area contributed by atoms with E-state index in [1.54, 1.807) is 25.1 Å². The molecule has 2 aliphatic rings. The molecule has 2 aromatic rings. The van der Waals surface area contributed by atoms with Gasteiger partial charge in [0.2, 0.25) is 5.78 Å². The van der Waals surface area contributed by atoms with Gasteiger partial charge in [-0.05, 0) is 47.9 Å². The molecule has 10 heteroatoms. The zero-order valence-electron chi connectivity index (χ0n) is 19.6. The number of benzene rings is 2. The van der Waals surface area contributed by atoms with Crippen LogP contribution in [-0.2, 0) is 14.3 Å². The van der Waals surface area contributed by atoms with Gasteiger partial charge in [0.05, 0.1) is 44.4 Å². The van der Waals surface area contributed by atoms with E-state index in [1.165, 1.54) is 41.2 Å². The topological polar surface area (TPSA) is 126 Å². The summed E-state index contributed by atoms with van der Waals surface area (Å²) >= 11 is 0. The summed E-state index contributed by atoms with van der Waals surface area (Å²) in [4.78, 5) is 39.5. The van der Waals surface area contributed by atoms with Gasteiger partial charge >= 0.3 is 0 Å². The summed E-state index contributed by atoms with van der Waals surface area (Å²) < 4.78 is 10.6. The van der Waals surface area contributed by atoms with Gasteiger partial charge in [-0.3, -0.25) is 19.7 Å². The zero-order chi connectivity index (χ0) is 25.1. The van der Waals surface area contributed by atoms with Gasteiger partial charge in [-0.15, -0.1) is 0 Å². The number of rotatable bonds is 7. The number of nitrogens with one attached hydrogen (secondary N) is 1. The van der Waals surface area contributed by atoms with E-state index in [1.807, 2.05) is 0 Å². The Morgan fingerprint density at radius 1 is 1.17 bits per heavy atom. The summed E-state index contributed by atoms with van der Waals surface area (Å²) in [5.74, 6) is -1.53. The molecule has 0 saturated carbocycles. The Morgan fingerprint density at radius 2 is 1.86 bits per heavy atom. The average molecular weight is 482 g/mol. The third kappa shape index (κ3) is 4.89. The van der Waals surface area contributed by atoms with Gasteiger partial charge in [-0.25, -0.2) is 0 Å². The van der Waals surface area contributed by atoms with Crippen molar-refractivity contribution in [3.05, 3.63) is 74.8 Å². The van der Waals surface area contributed by atoms with Crippen LogP contribution >= 0.6 is 0 Å². The molecule has 1 amide bonds. The molecule has 2 aliphatic heterocycles. The van der Waals surface area contributed by atoms with Gasteiger partial charge < -0.3 is 24.4 Å². The molecule has 2 fully saturated rings. The smallest absolute Gasteiger partial charge is 0.295 e. The van der Waals surface area contributed by atoms with Crippen LogP contribution in [0.3, 0.4) is 0 Å². The van der Waals surface area contributed by atoms with Crippen LogP contribution in [0.25, 0.3) is 5.76 Å². The van der Waals surface area contributed by atoms with Crippen molar-refractivity contribution >= 4 is 23.1 Å². The minimum atomic E-state index is -0.925. The number of ether oxygens (including phenoxy) is 2. The van der Waals surface area contributed by atoms with E-state index in [9.17, 15) is 24.8 Å². The van der Waals surface area contributed by atoms with Gasteiger partial charge in [-0.1, -0.05) is 11.8 Å². The summed E-state index contributed by atoms with van der Waals surface area (Å²) in [7, 11) is 1.52. The Kier molecular flexibility index (Phi) is 7.13. The fourth-order valence-electron chi connectivity index (χ4n) is 4.59. The lowest BCUT2D eigenvalue weighted by atomic mass is 9.94. The number of carbonyl (C=O) groups is 2. The van der Waals surface area contributed by atoms with Crippen molar-refractivity contribution in [1.82, 2.24) is 4.90 Å². The molecule has 0 aromatic heterocycles. The molecule has 0 aliphatic carbocycles. The highest BCUT2D eigenvalue weighted by Gasteiger charge is 2.44. The van der Waals surface area contributed by atoms with Crippen LogP contribution in [0.5, 0.6) is 5.75 Å². The third-order valence-electron chi connectivity index (χ3n) is 6.51. The Labute approximate surface area is 202 Å². The Balaban J connectivity index is 1.76. The van der Waals surface area contributed by atoms with E-state index in [4.69, 9.17) is 9.47 Å².